The summed E-state index contributed by atoms with van der Waals surface area (Å²) in [4.78, 5) is 21.0. The number of amides is 1. The molecular formula is C21H25ClFN3O3S2. The van der Waals surface area contributed by atoms with Gasteiger partial charge in [-0.15, -0.1) is 12.4 Å². The van der Waals surface area contributed by atoms with E-state index in [4.69, 9.17) is 0 Å². The summed E-state index contributed by atoms with van der Waals surface area (Å²) < 4.78 is 39.5. The Morgan fingerprint density at radius 3 is 2.32 bits per heavy atom. The molecule has 6 nitrogen and oxygen atoms in total. The number of aromatic nitrogens is 1. The van der Waals surface area contributed by atoms with Crippen LogP contribution in [0.15, 0.2) is 41.3 Å². The Bertz CT molecular complexity index is 1180. The zero-order valence-corrected chi connectivity index (χ0v) is 20.2. The van der Waals surface area contributed by atoms with Gasteiger partial charge in [-0.05, 0) is 69.4 Å². The number of hydrogen-bond donors (Lipinski definition) is 0. The van der Waals surface area contributed by atoms with Gasteiger partial charge in [-0.25, -0.2) is 17.8 Å². The minimum absolute atomic E-state index is 0. The number of anilines is 1. The highest BCUT2D eigenvalue weighted by Crippen LogP contribution is 2.32. The Balaban J connectivity index is 0.00000341. The molecule has 3 aromatic rings. The predicted molar refractivity (Wildman–Crippen MR) is 126 cm³/mol. The number of nitrogens with zero attached hydrogens (tertiary/aromatic N) is 3. The second kappa shape index (κ2) is 10.0. The number of hydrogen-bond acceptors (Lipinski definition) is 6. The van der Waals surface area contributed by atoms with Crippen molar-refractivity contribution >= 4 is 54.8 Å². The largest absolute Gasteiger partial charge is 0.308 e. The van der Waals surface area contributed by atoms with Crippen LogP contribution in [0.5, 0.6) is 0 Å². The van der Waals surface area contributed by atoms with Crippen LogP contribution in [0.2, 0.25) is 0 Å². The Morgan fingerprint density at radius 1 is 1.06 bits per heavy atom. The van der Waals surface area contributed by atoms with Gasteiger partial charge in [0.15, 0.2) is 15.0 Å². The maximum Gasteiger partial charge on any atom is 0.244 e. The van der Waals surface area contributed by atoms with Gasteiger partial charge in [0.25, 0.3) is 0 Å². The molecule has 31 heavy (non-hydrogen) atoms. The number of benzene rings is 2. The van der Waals surface area contributed by atoms with Gasteiger partial charge in [0.1, 0.15) is 11.6 Å². The second-order valence-corrected chi connectivity index (χ2v) is 10.4. The van der Waals surface area contributed by atoms with Crippen LogP contribution in [0.25, 0.3) is 10.2 Å². The first-order chi connectivity index (χ1) is 14.1. The van der Waals surface area contributed by atoms with E-state index in [-0.39, 0.29) is 17.3 Å². The average molecular weight is 486 g/mol. The summed E-state index contributed by atoms with van der Waals surface area (Å²) in [5.74, 6) is -1.80. The summed E-state index contributed by atoms with van der Waals surface area (Å²) in [5.41, 5.74) is 2.96. The zero-order valence-electron chi connectivity index (χ0n) is 17.8. The quantitative estimate of drug-likeness (QED) is 0.475. The summed E-state index contributed by atoms with van der Waals surface area (Å²) in [6.07, 6.45) is 0. The van der Waals surface area contributed by atoms with E-state index in [1.165, 1.54) is 28.4 Å². The molecule has 1 amide bonds. The third kappa shape index (κ3) is 5.79. The fourth-order valence-electron chi connectivity index (χ4n) is 2.92. The van der Waals surface area contributed by atoms with Crippen LogP contribution in [0, 0.1) is 19.7 Å². The molecule has 0 fully saturated rings. The summed E-state index contributed by atoms with van der Waals surface area (Å²) in [6, 6.07) is 8.45. The van der Waals surface area contributed by atoms with Crippen LogP contribution in [-0.4, -0.2) is 57.1 Å². The molecule has 0 unspecified atom stereocenters. The molecule has 0 saturated carbocycles. The minimum Gasteiger partial charge on any atom is -0.308 e. The fraction of sp³-hybridized carbons (Fsp3) is 0.333. The first-order valence-electron chi connectivity index (χ1n) is 9.38. The molecular weight excluding hydrogens is 461 g/mol. The van der Waals surface area contributed by atoms with E-state index in [2.05, 4.69) is 4.98 Å². The molecule has 168 valence electrons. The van der Waals surface area contributed by atoms with Crippen LogP contribution >= 0.6 is 23.7 Å². The lowest BCUT2D eigenvalue weighted by molar-refractivity contribution is -0.116. The highest BCUT2D eigenvalue weighted by Gasteiger charge is 2.27. The molecule has 0 atom stereocenters. The normalized spacial score (nSPS) is 11.5. The smallest absolute Gasteiger partial charge is 0.244 e. The van der Waals surface area contributed by atoms with Crippen LogP contribution in [-0.2, 0) is 14.6 Å². The topological polar surface area (TPSA) is 70.6 Å². The van der Waals surface area contributed by atoms with E-state index in [1.807, 2.05) is 45.0 Å². The molecule has 0 spiro atoms. The van der Waals surface area contributed by atoms with Crippen molar-refractivity contribution in [3.8, 4) is 0 Å². The van der Waals surface area contributed by atoms with Crippen LogP contribution < -0.4 is 4.90 Å². The van der Waals surface area contributed by atoms with E-state index >= 15 is 0 Å². The number of halogens is 2. The number of likely N-dealkylation sites (N-methyl/N-ethyl adjacent to an activating group) is 1. The van der Waals surface area contributed by atoms with Gasteiger partial charge in [0, 0.05) is 13.1 Å². The van der Waals surface area contributed by atoms with Crippen molar-refractivity contribution in [2.24, 2.45) is 0 Å². The van der Waals surface area contributed by atoms with Crippen molar-refractivity contribution < 1.29 is 17.6 Å². The van der Waals surface area contributed by atoms with Gasteiger partial charge >= 0.3 is 0 Å². The SMILES string of the molecule is Cc1ccc2sc(N(CCN(C)C)C(=O)CS(=O)(=O)c3ccc(F)cc3)nc2c1C.Cl. The van der Waals surface area contributed by atoms with E-state index in [0.29, 0.717) is 18.2 Å². The molecule has 1 aromatic heterocycles. The molecule has 0 aliphatic rings. The third-order valence-corrected chi connectivity index (χ3v) is 7.52. The van der Waals surface area contributed by atoms with E-state index in [1.54, 1.807) is 0 Å². The lowest BCUT2D eigenvalue weighted by Gasteiger charge is -2.22. The Hall–Kier alpha value is -2.07. The number of sulfone groups is 1. The van der Waals surface area contributed by atoms with Gasteiger partial charge in [0.05, 0.1) is 15.1 Å². The van der Waals surface area contributed by atoms with Crippen LogP contribution in [0.1, 0.15) is 11.1 Å². The van der Waals surface area contributed by atoms with Crippen LogP contribution in [0.4, 0.5) is 9.52 Å². The molecule has 10 heteroatoms. The monoisotopic (exact) mass is 485 g/mol. The molecule has 0 saturated heterocycles. The molecule has 0 aliphatic heterocycles. The maximum absolute atomic E-state index is 13.1. The lowest BCUT2D eigenvalue weighted by atomic mass is 10.1. The van der Waals surface area contributed by atoms with Crippen molar-refractivity contribution in [2.75, 3.05) is 37.8 Å². The molecule has 3 rings (SSSR count). The molecule has 0 N–H and O–H groups in total. The average Bonchev–Trinajstić information content (AvgIpc) is 3.09. The van der Waals surface area contributed by atoms with Crippen molar-refractivity contribution in [2.45, 2.75) is 18.7 Å². The van der Waals surface area contributed by atoms with Crippen LogP contribution in [0.3, 0.4) is 0 Å². The van der Waals surface area contributed by atoms with Gasteiger partial charge < -0.3 is 4.90 Å². The molecule has 1 heterocycles. The van der Waals surface area contributed by atoms with Crippen molar-refractivity contribution in [3.63, 3.8) is 0 Å². The Kier molecular flexibility index (Phi) is 8.15. The fourth-order valence-corrected chi connectivity index (χ4v) is 5.19. The molecule has 2 aromatic carbocycles. The number of thiazole rings is 1. The van der Waals surface area contributed by atoms with E-state index in [9.17, 15) is 17.6 Å². The Labute approximate surface area is 192 Å². The van der Waals surface area contributed by atoms with Crippen molar-refractivity contribution in [1.29, 1.82) is 0 Å². The second-order valence-electron chi connectivity index (χ2n) is 7.41. The highest BCUT2D eigenvalue weighted by atomic mass is 35.5. The number of carbonyl (C=O) groups is 1. The van der Waals surface area contributed by atoms with Crippen molar-refractivity contribution in [3.05, 3.63) is 53.3 Å². The predicted octanol–water partition coefficient (Wildman–Crippen LogP) is 3.84. The molecule has 0 radical (unpaired) electrons. The van der Waals surface area contributed by atoms with Gasteiger partial charge in [-0.2, -0.15) is 0 Å². The summed E-state index contributed by atoms with van der Waals surface area (Å²) in [5, 5.41) is 0.472. The van der Waals surface area contributed by atoms with E-state index < -0.39 is 27.3 Å². The number of fused-ring (bicyclic) bond motifs is 1. The van der Waals surface area contributed by atoms with E-state index in [0.717, 1.165) is 33.5 Å². The zero-order chi connectivity index (χ0) is 22.1. The maximum atomic E-state index is 13.1. The van der Waals surface area contributed by atoms with Gasteiger partial charge in [-0.3, -0.25) is 9.69 Å². The molecule has 0 aliphatic carbocycles. The lowest BCUT2D eigenvalue weighted by Crippen LogP contribution is -2.40. The first kappa shape index (κ1) is 25.2. The number of rotatable bonds is 7. The summed E-state index contributed by atoms with van der Waals surface area (Å²) >= 11 is 1.36. The number of carbonyl (C=O) groups excluding carboxylic acids is 1. The van der Waals surface area contributed by atoms with Gasteiger partial charge in [0.2, 0.25) is 5.91 Å². The molecule has 0 bridgehead atoms. The standard InChI is InChI=1S/C21H24FN3O3S2.ClH/c1-14-5-10-18-20(15(14)2)23-21(29-18)25(12-11-24(3)4)19(26)13-30(27,28)17-8-6-16(22)7-9-17;/h5-10H,11-13H2,1-4H3;1H. The number of aryl methyl sites for hydroxylation is 2. The minimum atomic E-state index is -3.91. The van der Waals surface area contributed by atoms with Gasteiger partial charge in [-0.1, -0.05) is 17.4 Å². The van der Waals surface area contributed by atoms with Crippen molar-refractivity contribution in [1.82, 2.24) is 9.88 Å². The Morgan fingerprint density at radius 2 is 1.71 bits per heavy atom. The summed E-state index contributed by atoms with van der Waals surface area (Å²) in [6.45, 7) is 4.84. The third-order valence-electron chi connectivity index (χ3n) is 4.86. The summed E-state index contributed by atoms with van der Waals surface area (Å²) in [7, 11) is -0.150. The first-order valence-corrected chi connectivity index (χ1v) is 11.9. The highest BCUT2D eigenvalue weighted by molar-refractivity contribution is 7.92.